The van der Waals surface area contributed by atoms with Crippen LogP contribution in [0.15, 0.2) is 36.5 Å². The number of aryl methyl sites for hydroxylation is 1. The van der Waals surface area contributed by atoms with Crippen LogP contribution in [0.25, 0.3) is 10.2 Å². The number of aromatic carboxylic acids is 1. The molecule has 5 nitrogen and oxygen atoms in total. The van der Waals surface area contributed by atoms with Crippen LogP contribution in [-0.4, -0.2) is 16.1 Å². The van der Waals surface area contributed by atoms with E-state index in [1.807, 2.05) is 13.0 Å². The molecule has 0 bridgehead atoms. The largest absolute Gasteiger partial charge is 0.478 e. The van der Waals surface area contributed by atoms with Gasteiger partial charge in [0.05, 0.1) is 21.6 Å². The number of hydrazine groups is 1. The third kappa shape index (κ3) is 2.84. The van der Waals surface area contributed by atoms with Crippen LogP contribution in [-0.2, 0) is 0 Å². The minimum atomic E-state index is -1.03. The molecule has 3 rings (SSSR count). The third-order valence-corrected chi connectivity index (χ3v) is 4.38. The van der Waals surface area contributed by atoms with Crippen LogP contribution in [0, 0.1) is 6.92 Å². The fraction of sp³-hybridized carbons (Fsp3) is 0.0667. The summed E-state index contributed by atoms with van der Waals surface area (Å²) in [4.78, 5) is 16.7. The molecule has 3 aromatic rings. The van der Waals surface area contributed by atoms with Gasteiger partial charge in [-0.15, -0.1) is 11.3 Å². The SMILES string of the molecule is Cc1cc2ncc(C(=O)O)c(NNc3ccc(Cl)cc3)c2s1. The summed E-state index contributed by atoms with van der Waals surface area (Å²) >= 11 is 7.34. The van der Waals surface area contributed by atoms with Gasteiger partial charge in [0.2, 0.25) is 0 Å². The van der Waals surface area contributed by atoms with E-state index in [2.05, 4.69) is 15.8 Å². The molecule has 0 aliphatic heterocycles. The Labute approximate surface area is 135 Å². The molecule has 0 radical (unpaired) electrons. The summed E-state index contributed by atoms with van der Waals surface area (Å²) in [5.74, 6) is -1.03. The lowest BCUT2D eigenvalue weighted by Crippen LogP contribution is -2.13. The van der Waals surface area contributed by atoms with E-state index in [-0.39, 0.29) is 5.56 Å². The van der Waals surface area contributed by atoms with Crippen molar-refractivity contribution in [1.29, 1.82) is 0 Å². The number of aromatic nitrogens is 1. The number of hydrogen-bond acceptors (Lipinski definition) is 5. The molecule has 3 N–H and O–H groups in total. The fourth-order valence-electron chi connectivity index (χ4n) is 2.05. The van der Waals surface area contributed by atoms with E-state index in [0.717, 1.165) is 20.8 Å². The Morgan fingerprint density at radius 1 is 1.27 bits per heavy atom. The van der Waals surface area contributed by atoms with Gasteiger partial charge < -0.3 is 10.5 Å². The summed E-state index contributed by atoms with van der Waals surface area (Å²) in [7, 11) is 0. The first-order valence-electron chi connectivity index (χ1n) is 6.44. The molecule has 7 heteroatoms. The van der Waals surface area contributed by atoms with Crippen LogP contribution < -0.4 is 10.9 Å². The molecule has 0 saturated carbocycles. The third-order valence-electron chi connectivity index (χ3n) is 3.07. The summed E-state index contributed by atoms with van der Waals surface area (Å²) in [5.41, 5.74) is 8.15. The second kappa shape index (κ2) is 5.82. The van der Waals surface area contributed by atoms with Crippen molar-refractivity contribution in [2.75, 3.05) is 10.9 Å². The Morgan fingerprint density at radius 3 is 2.68 bits per heavy atom. The second-order valence-corrected chi connectivity index (χ2v) is 6.37. The lowest BCUT2D eigenvalue weighted by atomic mass is 10.2. The number of carboxylic acids is 1. The van der Waals surface area contributed by atoms with Gasteiger partial charge in [0.25, 0.3) is 0 Å². The summed E-state index contributed by atoms with van der Waals surface area (Å²) in [6.45, 7) is 1.96. The van der Waals surface area contributed by atoms with Gasteiger partial charge >= 0.3 is 5.97 Å². The number of nitrogens with zero attached hydrogens (tertiary/aromatic N) is 1. The maximum absolute atomic E-state index is 11.4. The Bertz CT molecular complexity index is 846. The van der Waals surface area contributed by atoms with E-state index in [9.17, 15) is 9.90 Å². The van der Waals surface area contributed by atoms with Crippen molar-refractivity contribution in [3.05, 3.63) is 52.0 Å². The molecule has 0 amide bonds. The average molecular weight is 334 g/mol. The van der Waals surface area contributed by atoms with Crippen molar-refractivity contribution < 1.29 is 9.90 Å². The van der Waals surface area contributed by atoms with Crippen molar-refractivity contribution in [3.63, 3.8) is 0 Å². The number of rotatable bonds is 4. The smallest absolute Gasteiger partial charge is 0.339 e. The number of fused-ring (bicyclic) bond motifs is 1. The second-order valence-electron chi connectivity index (χ2n) is 4.68. The average Bonchev–Trinajstić information content (AvgIpc) is 2.86. The normalized spacial score (nSPS) is 10.6. The molecule has 0 fully saturated rings. The van der Waals surface area contributed by atoms with E-state index in [1.54, 1.807) is 24.3 Å². The van der Waals surface area contributed by atoms with Gasteiger partial charge in [-0.1, -0.05) is 11.6 Å². The van der Waals surface area contributed by atoms with Gasteiger partial charge in [0, 0.05) is 16.1 Å². The minimum absolute atomic E-state index is 0.121. The van der Waals surface area contributed by atoms with Crippen LogP contribution in [0.4, 0.5) is 11.4 Å². The molecule has 2 heterocycles. The van der Waals surface area contributed by atoms with E-state index >= 15 is 0 Å². The molecular formula is C15H12ClN3O2S. The van der Waals surface area contributed by atoms with Crippen LogP contribution in [0.2, 0.25) is 5.02 Å². The highest BCUT2D eigenvalue weighted by Gasteiger charge is 2.16. The number of pyridine rings is 1. The molecule has 0 aliphatic rings. The number of hydrogen-bond donors (Lipinski definition) is 3. The summed E-state index contributed by atoms with van der Waals surface area (Å²) in [6.07, 6.45) is 1.36. The number of anilines is 2. The van der Waals surface area contributed by atoms with E-state index in [0.29, 0.717) is 10.7 Å². The molecule has 0 aliphatic carbocycles. The summed E-state index contributed by atoms with van der Waals surface area (Å²) < 4.78 is 0.805. The first kappa shape index (κ1) is 14.6. The number of carbonyl (C=O) groups is 1. The Morgan fingerprint density at radius 2 is 2.00 bits per heavy atom. The summed E-state index contributed by atoms with van der Waals surface area (Å²) in [5, 5.41) is 9.98. The highest BCUT2D eigenvalue weighted by atomic mass is 35.5. The highest BCUT2D eigenvalue weighted by molar-refractivity contribution is 7.19. The maximum atomic E-state index is 11.4. The fourth-order valence-corrected chi connectivity index (χ4v) is 3.15. The predicted octanol–water partition coefficient (Wildman–Crippen LogP) is 4.40. The number of thiophene rings is 1. The van der Waals surface area contributed by atoms with Crippen LogP contribution in [0.5, 0.6) is 0 Å². The quantitative estimate of drug-likeness (QED) is 0.617. The molecule has 0 atom stereocenters. The van der Waals surface area contributed by atoms with Gasteiger partial charge in [0.1, 0.15) is 5.56 Å². The summed E-state index contributed by atoms with van der Waals surface area (Å²) in [6, 6.07) is 9.03. The van der Waals surface area contributed by atoms with E-state index in [1.165, 1.54) is 17.5 Å². The number of benzene rings is 1. The van der Waals surface area contributed by atoms with Gasteiger partial charge in [-0.05, 0) is 37.3 Å². The molecule has 0 unspecified atom stereocenters. The number of carboxylic acid groups (broad SMARTS) is 1. The van der Waals surface area contributed by atoms with Gasteiger partial charge in [-0.2, -0.15) is 0 Å². The molecule has 0 spiro atoms. The zero-order chi connectivity index (χ0) is 15.7. The molecule has 0 saturated heterocycles. The Kier molecular flexibility index (Phi) is 3.87. The maximum Gasteiger partial charge on any atom is 0.339 e. The van der Waals surface area contributed by atoms with E-state index in [4.69, 9.17) is 11.6 Å². The topological polar surface area (TPSA) is 74.2 Å². The van der Waals surface area contributed by atoms with Gasteiger partial charge in [0.15, 0.2) is 0 Å². The molecule has 112 valence electrons. The number of halogens is 1. The van der Waals surface area contributed by atoms with Crippen LogP contribution in [0.1, 0.15) is 15.2 Å². The Hall–Kier alpha value is -2.31. The molecule has 1 aromatic carbocycles. The molecule has 22 heavy (non-hydrogen) atoms. The van der Waals surface area contributed by atoms with Crippen LogP contribution >= 0.6 is 22.9 Å². The first-order chi connectivity index (χ1) is 10.5. The van der Waals surface area contributed by atoms with Crippen molar-refractivity contribution in [2.24, 2.45) is 0 Å². The Balaban J connectivity index is 1.98. The van der Waals surface area contributed by atoms with Gasteiger partial charge in [-0.25, -0.2) is 4.79 Å². The van der Waals surface area contributed by atoms with Crippen molar-refractivity contribution in [2.45, 2.75) is 6.92 Å². The van der Waals surface area contributed by atoms with Crippen molar-refractivity contribution in [1.82, 2.24) is 4.98 Å². The van der Waals surface area contributed by atoms with Crippen molar-refractivity contribution in [3.8, 4) is 0 Å². The first-order valence-corrected chi connectivity index (χ1v) is 7.64. The highest BCUT2D eigenvalue weighted by Crippen LogP contribution is 2.33. The standard InChI is InChI=1S/C15H12ClN3O2S/c1-8-6-12-14(22-8)13(11(7-17-12)15(20)21)19-18-10-4-2-9(16)3-5-10/h2-7,18H,1H3,(H,17,19)(H,20,21). The predicted molar refractivity (Wildman–Crippen MR) is 90.0 cm³/mol. The molecule has 2 aromatic heterocycles. The molecular weight excluding hydrogens is 322 g/mol. The minimum Gasteiger partial charge on any atom is -0.478 e. The van der Waals surface area contributed by atoms with Crippen LogP contribution in [0.3, 0.4) is 0 Å². The monoisotopic (exact) mass is 333 g/mol. The lowest BCUT2D eigenvalue weighted by molar-refractivity contribution is 0.0697. The number of nitrogens with one attached hydrogen (secondary N) is 2. The van der Waals surface area contributed by atoms with Crippen molar-refractivity contribution >= 4 is 50.5 Å². The van der Waals surface area contributed by atoms with E-state index < -0.39 is 5.97 Å². The van der Waals surface area contributed by atoms with Gasteiger partial charge in [-0.3, -0.25) is 10.4 Å². The zero-order valence-electron chi connectivity index (χ0n) is 11.6. The zero-order valence-corrected chi connectivity index (χ0v) is 13.1. The lowest BCUT2D eigenvalue weighted by Gasteiger charge is -2.12.